The Morgan fingerprint density at radius 2 is 1.70 bits per heavy atom. The zero-order chi connectivity index (χ0) is 16.4. The lowest BCUT2D eigenvalue weighted by molar-refractivity contribution is -0.179. The summed E-state index contributed by atoms with van der Waals surface area (Å²) in [5.41, 5.74) is 0.821. The van der Waals surface area contributed by atoms with Gasteiger partial charge in [0.2, 0.25) is 0 Å². The van der Waals surface area contributed by atoms with Crippen molar-refractivity contribution in [1.29, 1.82) is 0 Å². The second-order valence-corrected chi connectivity index (χ2v) is 5.93. The lowest BCUT2D eigenvalue weighted by Crippen LogP contribution is -2.39. The Bertz CT molecular complexity index is 668. The van der Waals surface area contributed by atoms with E-state index in [0.717, 1.165) is 5.56 Å². The van der Waals surface area contributed by atoms with Gasteiger partial charge in [0.15, 0.2) is 5.82 Å². The minimum atomic E-state index is -4.12. The molecule has 2 heterocycles. The normalized spacial score (nSPS) is 16.6. The lowest BCUT2D eigenvalue weighted by Gasteiger charge is -2.33. The van der Waals surface area contributed by atoms with Gasteiger partial charge in [0, 0.05) is 24.7 Å². The molecule has 1 aliphatic heterocycles. The third-order valence-electron chi connectivity index (χ3n) is 4.00. The first-order valence-electron chi connectivity index (χ1n) is 7.35. The maximum Gasteiger partial charge on any atom is 0.391 e. The standard InChI is InChI=1S/C16H15ClF3N3/c17-13-10-14(22-15(21-13)11-4-2-1-3-5-11)23-8-6-12(7-9-23)16(18,19)20/h1-5,10,12H,6-9H2. The highest BCUT2D eigenvalue weighted by molar-refractivity contribution is 6.29. The van der Waals surface area contributed by atoms with Gasteiger partial charge in [-0.05, 0) is 12.8 Å². The summed E-state index contributed by atoms with van der Waals surface area (Å²) in [6, 6.07) is 11.0. The van der Waals surface area contributed by atoms with E-state index in [1.165, 1.54) is 0 Å². The fourth-order valence-corrected chi connectivity index (χ4v) is 2.90. The van der Waals surface area contributed by atoms with Crippen LogP contribution in [-0.4, -0.2) is 29.2 Å². The van der Waals surface area contributed by atoms with Crippen LogP contribution in [0.3, 0.4) is 0 Å². The van der Waals surface area contributed by atoms with Crippen molar-refractivity contribution in [1.82, 2.24) is 9.97 Å². The average molecular weight is 342 g/mol. The van der Waals surface area contributed by atoms with E-state index < -0.39 is 12.1 Å². The van der Waals surface area contributed by atoms with Crippen LogP contribution in [0.15, 0.2) is 36.4 Å². The Balaban J connectivity index is 1.81. The molecule has 0 atom stereocenters. The molecule has 1 saturated heterocycles. The lowest BCUT2D eigenvalue weighted by atomic mass is 9.96. The topological polar surface area (TPSA) is 29.0 Å². The first-order valence-corrected chi connectivity index (χ1v) is 7.73. The molecule has 0 unspecified atom stereocenters. The highest BCUT2D eigenvalue weighted by Crippen LogP contribution is 2.35. The second kappa shape index (κ2) is 6.35. The third-order valence-corrected chi connectivity index (χ3v) is 4.19. The Morgan fingerprint density at radius 1 is 1.04 bits per heavy atom. The van der Waals surface area contributed by atoms with Gasteiger partial charge in [0.25, 0.3) is 0 Å². The van der Waals surface area contributed by atoms with Crippen LogP contribution in [0, 0.1) is 5.92 Å². The van der Waals surface area contributed by atoms with E-state index in [0.29, 0.717) is 24.7 Å². The Kier molecular flexibility index (Phi) is 4.43. The maximum atomic E-state index is 12.8. The molecule has 7 heteroatoms. The summed E-state index contributed by atoms with van der Waals surface area (Å²) in [6.07, 6.45) is -3.97. The summed E-state index contributed by atoms with van der Waals surface area (Å²) in [5, 5.41) is 0.284. The molecule has 0 amide bonds. The molecule has 0 saturated carbocycles. The number of benzene rings is 1. The van der Waals surface area contributed by atoms with E-state index in [2.05, 4.69) is 9.97 Å². The van der Waals surface area contributed by atoms with Crippen molar-refractivity contribution in [2.75, 3.05) is 18.0 Å². The molecule has 1 aromatic carbocycles. The molecule has 3 rings (SSSR count). The van der Waals surface area contributed by atoms with Crippen LogP contribution >= 0.6 is 11.6 Å². The third kappa shape index (κ3) is 3.75. The molecule has 1 aliphatic rings. The number of halogens is 4. The van der Waals surface area contributed by atoms with Gasteiger partial charge in [-0.25, -0.2) is 9.97 Å². The Hall–Kier alpha value is -1.82. The minimum absolute atomic E-state index is 0.0752. The molecule has 0 radical (unpaired) electrons. The number of rotatable bonds is 2. The van der Waals surface area contributed by atoms with Gasteiger partial charge in [-0.3, -0.25) is 0 Å². The Labute approximate surface area is 137 Å². The number of aromatic nitrogens is 2. The van der Waals surface area contributed by atoms with Crippen molar-refractivity contribution in [3.05, 3.63) is 41.6 Å². The fourth-order valence-electron chi connectivity index (χ4n) is 2.72. The first kappa shape index (κ1) is 16.1. The number of nitrogens with zero attached hydrogens (tertiary/aromatic N) is 3. The van der Waals surface area contributed by atoms with Crippen LogP contribution in [0.1, 0.15) is 12.8 Å². The van der Waals surface area contributed by atoms with Crippen molar-refractivity contribution >= 4 is 17.4 Å². The molecular formula is C16H15ClF3N3. The van der Waals surface area contributed by atoms with Gasteiger partial charge >= 0.3 is 6.18 Å². The molecule has 23 heavy (non-hydrogen) atoms. The highest BCUT2D eigenvalue weighted by Gasteiger charge is 2.41. The largest absolute Gasteiger partial charge is 0.391 e. The predicted molar refractivity (Wildman–Crippen MR) is 83.5 cm³/mol. The summed E-state index contributed by atoms with van der Waals surface area (Å²) in [5.74, 6) is -0.180. The van der Waals surface area contributed by atoms with Gasteiger partial charge in [0.05, 0.1) is 5.92 Å². The number of hydrogen-bond donors (Lipinski definition) is 0. The van der Waals surface area contributed by atoms with E-state index in [1.807, 2.05) is 35.2 Å². The number of anilines is 1. The zero-order valence-corrected chi connectivity index (χ0v) is 13.0. The summed E-state index contributed by atoms with van der Waals surface area (Å²) in [4.78, 5) is 10.5. The summed E-state index contributed by atoms with van der Waals surface area (Å²) in [6.45, 7) is 0.623. The molecule has 3 nitrogen and oxygen atoms in total. The van der Waals surface area contributed by atoms with E-state index in [-0.39, 0.29) is 18.0 Å². The smallest absolute Gasteiger partial charge is 0.356 e. The summed E-state index contributed by atoms with van der Waals surface area (Å²) in [7, 11) is 0. The van der Waals surface area contributed by atoms with Gasteiger partial charge in [-0.2, -0.15) is 13.2 Å². The van der Waals surface area contributed by atoms with Gasteiger partial charge < -0.3 is 4.90 Å². The van der Waals surface area contributed by atoms with Crippen LogP contribution in [0.5, 0.6) is 0 Å². The van der Waals surface area contributed by atoms with Crippen LogP contribution in [0.25, 0.3) is 11.4 Å². The molecule has 0 aliphatic carbocycles. The van der Waals surface area contributed by atoms with Crippen molar-refractivity contribution < 1.29 is 13.2 Å². The fraction of sp³-hybridized carbons (Fsp3) is 0.375. The van der Waals surface area contributed by atoms with Crippen molar-refractivity contribution in [2.24, 2.45) is 5.92 Å². The van der Waals surface area contributed by atoms with Gasteiger partial charge in [0.1, 0.15) is 11.0 Å². The van der Waals surface area contributed by atoms with Crippen LogP contribution in [0.4, 0.5) is 19.0 Å². The van der Waals surface area contributed by atoms with E-state index in [9.17, 15) is 13.2 Å². The minimum Gasteiger partial charge on any atom is -0.356 e. The van der Waals surface area contributed by atoms with E-state index >= 15 is 0 Å². The maximum absolute atomic E-state index is 12.8. The molecule has 0 N–H and O–H groups in total. The van der Waals surface area contributed by atoms with Crippen molar-refractivity contribution in [3.63, 3.8) is 0 Å². The molecule has 0 spiro atoms. The molecule has 122 valence electrons. The quantitative estimate of drug-likeness (QED) is 0.749. The molecule has 0 bridgehead atoms. The SMILES string of the molecule is FC(F)(F)C1CCN(c2cc(Cl)nc(-c3ccccc3)n2)CC1. The van der Waals surface area contributed by atoms with Crippen molar-refractivity contribution in [3.8, 4) is 11.4 Å². The molecule has 1 fully saturated rings. The molecule has 1 aromatic heterocycles. The summed E-state index contributed by atoms with van der Waals surface area (Å²) >= 11 is 6.06. The average Bonchev–Trinajstić information content (AvgIpc) is 2.54. The van der Waals surface area contributed by atoms with Crippen LogP contribution in [-0.2, 0) is 0 Å². The van der Waals surface area contributed by atoms with E-state index in [4.69, 9.17) is 11.6 Å². The predicted octanol–water partition coefficient (Wildman–Crippen LogP) is 4.58. The van der Waals surface area contributed by atoms with Gasteiger partial charge in [-0.15, -0.1) is 0 Å². The summed E-state index contributed by atoms with van der Waals surface area (Å²) < 4.78 is 38.3. The molecule has 2 aromatic rings. The molecular weight excluding hydrogens is 327 g/mol. The number of hydrogen-bond acceptors (Lipinski definition) is 3. The number of piperidine rings is 1. The van der Waals surface area contributed by atoms with Crippen LogP contribution < -0.4 is 4.90 Å². The van der Waals surface area contributed by atoms with Gasteiger partial charge in [-0.1, -0.05) is 41.9 Å². The van der Waals surface area contributed by atoms with E-state index in [1.54, 1.807) is 6.07 Å². The zero-order valence-electron chi connectivity index (χ0n) is 12.2. The number of alkyl halides is 3. The Morgan fingerprint density at radius 3 is 2.30 bits per heavy atom. The van der Waals surface area contributed by atoms with Crippen molar-refractivity contribution in [2.45, 2.75) is 19.0 Å². The highest BCUT2D eigenvalue weighted by atomic mass is 35.5. The monoisotopic (exact) mass is 341 g/mol. The second-order valence-electron chi connectivity index (χ2n) is 5.54. The van der Waals surface area contributed by atoms with Crippen LogP contribution in [0.2, 0.25) is 5.15 Å². The first-order chi connectivity index (χ1) is 10.9.